The molecule has 0 aromatic heterocycles. The van der Waals surface area contributed by atoms with E-state index in [1.165, 1.54) is 19.4 Å². The van der Waals surface area contributed by atoms with E-state index in [4.69, 9.17) is 0 Å². The summed E-state index contributed by atoms with van der Waals surface area (Å²) in [5.74, 6) is 0.347. The van der Waals surface area contributed by atoms with Crippen LogP contribution in [-0.2, 0) is 0 Å². The summed E-state index contributed by atoms with van der Waals surface area (Å²) >= 11 is 0. The van der Waals surface area contributed by atoms with Crippen LogP contribution in [0.1, 0.15) is 37.0 Å². The van der Waals surface area contributed by atoms with Gasteiger partial charge in [0.05, 0.1) is 0 Å². The van der Waals surface area contributed by atoms with Crippen molar-refractivity contribution < 1.29 is 4.79 Å². The summed E-state index contributed by atoms with van der Waals surface area (Å²) in [6.45, 7) is 8.82. The van der Waals surface area contributed by atoms with Crippen molar-refractivity contribution in [3.8, 4) is 0 Å². The molecule has 3 unspecified atom stereocenters. The second-order valence-electron chi connectivity index (χ2n) is 6.73. The molecule has 0 N–H and O–H groups in total. The molecular formula is C18H26N2O. The van der Waals surface area contributed by atoms with Crippen molar-refractivity contribution in [2.75, 3.05) is 26.2 Å². The van der Waals surface area contributed by atoms with Crippen LogP contribution in [0.3, 0.4) is 0 Å². The van der Waals surface area contributed by atoms with E-state index in [0.717, 1.165) is 31.2 Å². The maximum Gasteiger partial charge on any atom is 0.166 e. The summed E-state index contributed by atoms with van der Waals surface area (Å²) in [6.07, 6.45) is 2.66. The highest BCUT2D eigenvalue weighted by Gasteiger charge is 2.35. The van der Waals surface area contributed by atoms with Crippen molar-refractivity contribution in [3.05, 3.63) is 35.9 Å². The molecule has 21 heavy (non-hydrogen) atoms. The number of Topliss-reactive ketones (excluding diaryl/α,β-unsaturated/α-hetero) is 1. The summed E-state index contributed by atoms with van der Waals surface area (Å²) in [6, 6.07) is 11.0. The van der Waals surface area contributed by atoms with Gasteiger partial charge in [-0.1, -0.05) is 37.3 Å². The number of rotatable bonds is 4. The lowest BCUT2D eigenvalue weighted by Crippen LogP contribution is -2.56. The molecule has 2 aliphatic rings. The molecule has 1 aromatic rings. The quantitative estimate of drug-likeness (QED) is 0.795. The smallest absolute Gasteiger partial charge is 0.166 e. The summed E-state index contributed by atoms with van der Waals surface area (Å²) in [7, 11) is 0. The van der Waals surface area contributed by atoms with Crippen LogP contribution in [0.5, 0.6) is 0 Å². The summed E-state index contributed by atoms with van der Waals surface area (Å²) in [5, 5.41) is 0. The standard InChI is InChI=1S/C18H26N2O/c1-14(18(21)16-7-4-3-5-8-16)11-20-13-17-9-6-10-19(17)12-15(20)2/h3-5,7-8,14-15,17H,6,9-13H2,1-2H3. The Hall–Kier alpha value is -1.19. The molecule has 0 spiro atoms. The van der Waals surface area contributed by atoms with Crippen LogP contribution in [0.25, 0.3) is 0 Å². The van der Waals surface area contributed by atoms with E-state index in [0.29, 0.717) is 6.04 Å². The summed E-state index contributed by atoms with van der Waals surface area (Å²) < 4.78 is 0. The van der Waals surface area contributed by atoms with E-state index in [1.54, 1.807) is 0 Å². The first kappa shape index (κ1) is 14.7. The van der Waals surface area contributed by atoms with Gasteiger partial charge >= 0.3 is 0 Å². The fourth-order valence-corrected chi connectivity index (χ4v) is 3.82. The molecule has 3 atom stereocenters. The second kappa shape index (κ2) is 6.29. The van der Waals surface area contributed by atoms with Crippen LogP contribution in [0.15, 0.2) is 30.3 Å². The Morgan fingerprint density at radius 3 is 2.81 bits per heavy atom. The second-order valence-corrected chi connectivity index (χ2v) is 6.73. The van der Waals surface area contributed by atoms with E-state index in [-0.39, 0.29) is 11.7 Å². The Morgan fingerprint density at radius 1 is 1.29 bits per heavy atom. The van der Waals surface area contributed by atoms with Gasteiger partial charge in [-0.05, 0) is 26.3 Å². The zero-order chi connectivity index (χ0) is 14.8. The molecule has 3 heteroatoms. The van der Waals surface area contributed by atoms with Crippen molar-refractivity contribution >= 4 is 5.78 Å². The first-order valence-electron chi connectivity index (χ1n) is 8.22. The molecule has 114 valence electrons. The predicted octanol–water partition coefficient (Wildman–Crippen LogP) is 2.67. The molecular weight excluding hydrogens is 260 g/mol. The highest BCUT2D eigenvalue weighted by atomic mass is 16.1. The third kappa shape index (κ3) is 3.19. The van der Waals surface area contributed by atoms with Gasteiger partial charge in [-0.3, -0.25) is 14.6 Å². The van der Waals surface area contributed by atoms with Gasteiger partial charge in [0, 0.05) is 43.2 Å². The van der Waals surface area contributed by atoms with Crippen LogP contribution in [0.4, 0.5) is 0 Å². The number of ketones is 1. The molecule has 0 saturated carbocycles. The third-order valence-corrected chi connectivity index (χ3v) is 5.08. The number of fused-ring (bicyclic) bond motifs is 1. The SMILES string of the molecule is CC(CN1CC2CCCN2CC1C)C(=O)c1ccccc1. The van der Waals surface area contributed by atoms with E-state index >= 15 is 0 Å². The highest BCUT2D eigenvalue weighted by molar-refractivity contribution is 5.97. The minimum atomic E-state index is 0.0720. The number of hydrogen-bond acceptors (Lipinski definition) is 3. The fraction of sp³-hybridized carbons (Fsp3) is 0.611. The first-order chi connectivity index (χ1) is 10.1. The molecule has 2 aliphatic heterocycles. The monoisotopic (exact) mass is 286 g/mol. The number of hydrogen-bond donors (Lipinski definition) is 0. The number of nitrogens with zero attached hydrogens (tertiary/aromatic N) is 2. The van der Waals surface area contributed by atoms with Crippen molar-refractivity contribution in [2.45, 2.75) is 38.8 Å². The average molecular weight is 286 g/mol. The lowest BCUT2D eigenvalue weighted by atomic mass is 9.97. The maximum atomic E-state index is 12.5. The molecule has 3 nitrogen and oxygen atoms in total. The topological polar surface area (TPSA) is 23.6 Å². The Kier molecular flexibility index (Phi) is 4.41. The minimum absolute atomic E-state index is 0.0720. The van der Waals surface area contributed by atoms with E-state index in [2.05, 4.69) is 23.6 Å². The molecule has 1 aromatic carbocycles. The number of piperazine rings is 1. The fourth-order valence-electron chi connectivity index (χ4n) is 3.82. The van der Waals surface area contributed by atoms with E-state index in [9.17, 15) is 4.79 Å². The van der Waals surface area contributed by atoms with Gasteiger partial charge in [-0.2, -0.15) is 0 Å². The Balaban J connectivity index is 1.61. The van der Waals surface area contributed by atoms with Crippen LogP contribution < -0.4 is 0 Å². The normalized spacial score (nSPS) is 28.3. The molecule has 0 bridgehead atoms. The molecule has 2 fully saturated rings. The lowest BCUT2D eigenvalue weighted by molar-refractivity contribution is 0.0472. The van der Waals surface area contributed by atoms with Crippen LogP contribution >= 0.6 is 0 Å². The van der Waals surface area contributed by atoms with E-state index < -0.39 is 0 Å². The molecule has 0 aliphatic carbocycles. The molecule has 0 radical (unpaired) electrons. The van der Waals surface area contributed by atoms with Gasteiger partial charge in [-0.15, -0.1) is 0 Å². The molecule has 3 rings (SSSR count). The summed E-state index contributed by atoms with van der Waals surface area (Å²) in [4.78, 5) is 17.7. The molecule has 2 saturated heterocycles. The largest absolute Gasteiger partial charge is 0.298 e. The number of benzene rings is 1. The molecule has 0 amide bonds. The van der Waals surface area contributed by atoms with Gasteiger partial charge in [0.25, 0.3) is 0 Å². The van der Waals surface area contributed by atoms with Crippen LogP contribution in [-0.4, -0.2) is 53.8 Å². The first-order valence-corrected chi connectivity index (χ1v) is 8.22. The van der Waals surface area contributed by atoms with Crippen molar-refractivity contribution in [3.63, 3.8) is 0 Å². The van der Waals surface area contributed by atoms with Gasteiger partial charge in [0.1, 0.15) is 0 Å². The summed E-state index contributed by atoms with van der Waals surface area (Å²) in [5.41, 5.74) is 0.845. The van der Waals surface area contributed by atoms with Gasteiger partial charge in [-0.25, -0.2) is 0 Å². The Labute approximate surface area is 127 Å². The number of carbonyl (C=O) groups excluding carboxylic acids is 1. The highest BCUT2D eigenvalue weighted by Crippen LogP contribution is 2.25. The van der Waals surface area contributed by atoms with Crippen molar-refractivity contribution in [1.29, 1.82) is 0 Å². The number of carbonyl (C=O) groups is 1. The van der Waals surface area contributed by atoms with Gasteiger partial charge in [0.2, 0.25) is 0 Å². The average Bonchev–Trinajstić information content (AvgIpc) is 2.94. The van der Waals surface area contributed by atoms with Gasteiger partial charge < -0.3 is 0 Å². The van der Waals surface area contributed by atoms with Crippen LogP contribution in [0.2, 0.25) is 0 Å². The van der Waals surface area contributed by atoms with Gasteiger partial charge in [0.15, 0.2) is 5.78 Å². The minimum Gasteiger partial charge on any atom is -0.298 e. The predicted molar refractivity (Wildman–Crippen MR) is 85.6 cm³/mol. The van der Waals surface area contributed by atoms with Crippen LogP contribution in [0, 0.1) is 5.92 Å². The third-order valence-electron chi connectivity index (χ3n) is 5.08. The Morgan fingerprint density at radius 2 is 2.05 bits per heavy atom. The zero-order valence-electron chi connectivity index (χ0n) is 13.2. The Bertz CT molecular complexity index is 487. The zero-order valence-corrected chi connectivity index (χ0v) is 13.2. The van der Waals surface area contributed by atoms with E-state index in [1.807, 2.05) is 30.3 Å². The maximum absolute atomic E-state index is 12.5. The lowest BCUT2D eigenvalue weighted by Gasteiger charge is -2.43. The van der Waals surface area contributed by atoms with Crippen molar-refractivity contribution in [1.82, 2.24) is 9.80 Å². The molecule has 2 heterocycles. The van der Waals surface area contributed by atoms with Crippen molar-refractivity contribution in [2.24, 2.45) is 5.92 Å².